The average molecular weight is 363 g/mol. The number of hydrogen-bond acceptors (Lipinski definition) is 4. The second-order valence-corrected chi connectivity index (χ2v) is 6.85. The summed E-state index contributed by atoms with van der Waals surface area (Å²) in [6.07, 6.45) is 3.00. The molecule has 0 aliphatic heterocycles. The van der Waals surface area contributed by atoms with E-state index in [0.29, 0.717) is 35.1 Å². The number of hydrogen-bond donors (Lipinski definition) is 2. The van der Waals surface area contributed by atoms with Gasteiger partial charge in [0, 0.05) is 23.4 Å². The molecule has 138 valence electrons. The molecule has 1 aliphatic rings. The molecular formula is C20H21N5O2. The van der Waals surface area contributed by atoms with Gasteiger partial charge in [0.1, 0.15) is 5.82 Å². The van der Waals surface area contributed by atoms with E-state index >= 15 is 0 Å². The SMILES string of the molecule is CCc1cc(=O)[nH]c(-n2nc(C)cc2NC(=O)c2cccc(C3CC3)c2)n1. The third-order valence-corrected chi connectivity index (χ3v) is 4.62. The minimum Gasteiger partial charge on any atom is -0.306 e. The van der Waals surface area contributed by atoms with Crippen molar-refractivity contribution in [3.05, 3.63) is 69.3 Å². The first kappa shape index (κ1) is 17.2. The van der Waals surface area contributed by atoms with Gasteiger partial charge in [-0.2, -0.15) is 9.78 Å². The van der Waals surface area contributed by atoms with Crippen LogP contribution in [0.3, 0.4) is 0 Å². The molecule has 0 bridgehead atoms. The summed E-state index contributed by atoms with van der Waals surface area (Å²) in [6.45, 7) is 3.75. The molecule has 0 radical (unpaired) electrons. The Labute approximate surface area is 156 Å². The second-order valence-electron chi connectivity index (χ2n) is 6.85. The number of H-pyrrole nitrogens is 1. The largest absolute Gasteiger partial charge is 0.306 e. The number of nitrogens with zero attached hydrogens (tertiary/aromatic N) is 3. The van der Waals surface area contributed by atoms with Crippen molar-refractivity contribution < 1.29 is 4.79 Å². The van der Waals surface area contributed by atoms with Crippen LogP contribution in [0.1, 0.15) is 53.0 Å². The first-order valence-electron chi connectivity index (χ1n) is 9.12. The standard InChI is InChI=1S/C20H21N5O2/c1-3-16-11-18(26)23-20(21-16)25-17(9-12(2)24-25)22-19(27)15-6-4-5-14(10-15)13-7-8-13/h4-6,9-11,13H,3,7-8H2,1-2H3,(H,22,27)(H,21,23,26). The summed E-state index contributed by atoms with van der Waals surface area (Å²) in [5.41, 5.74) is 2.93. The van der Waals surface area contributed by atoms with Crippen LogP contribution < -0.4 is 10.9 Å². The molecule has 1 saturated carbocycles. The Morgan fingerprint density at radius 2 is 2.11 bits per heavy atom. The van der Waals surface area contributed by atoms with Gasteiger partial charge < -0.3 is 5.32 Å². The molecular weight excluding hydrogens is 342 g/mol. The summed E-state index contributed by atoms with van der Waals surface area (Å²) >= 11 is 0. The van der Waals surface area contributed by atoms with Gasteiger partial charge in [0.25, 0.3) is 11.5 Å². The van der Waals surface area contributed by atoms with Crippen molar-refractivity contribution >= 4 is 11.7 Å². The van der Waals surface area contributed by atoms with Crippen LogP contribution in [0.5, 0.6) is 0 Å². The monoisotopic (exact) mass is 363 g/mol. The Hall–Kier alpha value is -3.22. The molecule has 0 saturated heterocycles. The fourth-order valence-electron chi connectivity index (χ4n) is 3.06. The van der Waals surface area contributed by atoms with Crippen LogP contribution in [0.2, 0.25) is 0 Å². The smallest absolute Gasteiger partial charge is 0.256 e. The first-order valence-corrected chi connectivity index (χ1v) is 9.12. The lowest BCUT2D eigenvalue weighted by atomic mass is 10.1. The summed E-state index contributed by atoms with van der Waals surface area (Å²) in [5.74, 6) is 1.12. The number of aryl methyl sites for hydroxylation is 2. The van der Waals surface area contributed by atoms with Crippen molar-refractivity contribution in [3.63, 3.8) is 0 Å². The lowest BCUT2D eigenvalue weighted by Gasteiger charge is -2.09. The van der Waals surface area contributed by atoms with Gasteiger partial charge in [-0.1, -0.05) is 19.1 Å². The highest BCUT2D eigenvalue weighted by Crippen LogP contribution is 2.40. The van der Waals surface area contributed by atoms with E-state index in [1.807, 2.05) is 26.0 Å². The summed E-state index contributed by atoms with van der Waals surface area (Å²) in [6, 6.07) is 10.9. The Balaban J connectivity index is 1.65. The van der Waals surface area contributed by atoms with E-state index in [2.05, 4.69) is 26.4 Å². The zero-order valence-electron chi connectivity index (χ0n) is 15.3. The number of nitrogens with one attached hydrogen (secondary N) is 2. The normalized spacial score (nSPS) is 13.6. The number of aromatic nitrogens is 4. The van der Waals surface area contributed by atoms with Crippen LogP contribution in [-0.2, 0) is 6.42 Å². The number of carbonyl (C=O) groups excluding carboxylic acids is 1. The Bertz CT molecular complexity index is 1060. The maximum atomic E-state index is 12.7. The molecule has 7 nitrogen and oxygen atoms in total. The predicted octanol–water partition coefficient (Wildman–Crippen LogP) is 2.96. The lowest BCUT2D eigenvalue weighted by molar-refractivity contribution is 0.102. The molecule has 2 aromatic heterocycles. The van der Waals surface area contributed by atoms with Crippen LogP contribution in [-0.4, -0.2) is 25.7 Å². The first-order chi connectivity index (χ1) is 13.0. The number of carbonyl (C=O) groups is 1. The van der Waals surface area contributed by atoms with Crippen molar-refractivity contribution in [2.24, 2.45) is 0 Å². The molecule has 4 rings (SSSR count). The highest BCUT2D eigenvalue weighted by Gasteiger charge is 2.24. The van der Waals surface area contributed by atoms with Crippen LogP contribution in [0.25, 0.3) is 5.95 Å². The molecule has 27 heavy (non-hydrogen) atoms. The van der Waals surface area contributed by atoms with Gasteiger partial charge in [-0.15, -0.1) is 0 Å². The molecule has 0 unspecified atom stereocenters. The average Bonchev–Trinajstić information content (AvgIpc) is 3.44. The van der Waals surface area contributed by atoms with Gasteiger partial charge in [0.15, 0.2) is 0 Å². The van der Waals surface area contributed by atoms with Gasteiger partial charge in [-0.3, -0.25) is 14.6 Å². The van der Waals surface area contributed by atoms with Crippen molar-refractivity contribution in [2.75, 3.05) is 5.32 Å². The topological polar surface area (TPSA) is 92.7 Å². The Kier molecular flexibility index (Phi) is 4.35. The van der Waals surface area contributed by atoms with Gasteiger partial charge in [-0.25, -0.2) is 4.98 Å². The quantitative estimate of drug-likeness (QED) is 0.729. The summed E-state index contributed by atoms with van der Waals surface area (Å²) in [5, 5.41) is 7.26. The van der Waals surface area contributed by atoms with Crippen molar-refractivity contribution in [2.45, 2.75) is 39.0 Å². The fourth-order valence-corrected chi connectivity index (χ4v) is 3.06. The molecule has 0 atom stereocenters. The van der Waals surface area contributed by atoms with Gasteiger partial charge in [0.2, 0.25) is 5.95 Å². The number of benzene rings is 1. The molecule has 1 fully saturated rings. The lowest BCUT2D eigenvalue weighted by Crippen LogP contribution is -2.19. The highest BCUT2D eigenvalue weighted by molar-refractivity contribution is 6.04. The number of anilines is 1. The van der Waals surface area contributed by atoms with E-state index in [1.165, 1.54) is 29.2 Å². The maximum absolute atomic E-state index is 12.7. The summed E-state index contributed by atoms with van der Waals surface area (Å²) < 4.78 is 1.46. The zero-order valence-corrected chi connectivity index (χ0v) is 15.3. The van der Waals surface area contributed by atoms with E-state index in [-0.39, 0.29) is 17.4 Å². The van der Waals surface area contributed by atoms with Gasteiger partial charge in [0.05, 0.1) is 5.69 Å². The minimum absolute atomic E-state index is 0.215. The van der Waals surface area contributed by atoms with Crippen molar-refractivity contribution in [1.29, 1.82) is 0 Å². The highest BCUT2D eigenvalue weighted by atomic mass is 16.1. The molecule has 2 N–H and O–H groups in total. The molecule has 1 amide bonds. The van der Waals surface area contributed by atoms with E-state index in [4.69, 9.17) is 0 Å². The van der Waals surface area contributed by atoms with Crippen molar-refractivity contribution in [1.82, 2.24) is 19.7 Å². The number of amides is 1. The predicted molar refractivity (Wildman–Crippen MR) is 102 cm³/mol. The second kappa shape index (κ2) is 6.83. The molecule has 0 spiro atoms. The van der Waals surface area contributed by atoms with E-state index in [1.54, 1.807) is 12.1 Å². The Morgan fingerprint density at radius 3 is 2.85 bits per heavy atom. The van der Waals surface area contributed by atoms with Gasteiger partial charge in [-0.05, 0) is 49.8 Å². The van der Waals surface area contributed by atoms with E-state index in [0.717, 1.165) is 0 Å². The number of rotatable bonds is 5. The van der Waals surface area contributed by atoms with Crippen LogP contribution in [0.15, 0.2) is 41.2 Å². The summed E-state index contributed by atoms with van der Waals surface area (Å²) in [4.78, 5) is 31.7. The molecule has 7 heteroatoms. The Morgan fingerprint density at radius 1 is 1.30 bits per heavy atom. The summed E-state index contributed by atoms with van der Waals surface area (Å²) in [7, 11) is 0. The van der Waals surface area contributed by atoms with Crippen molar-refractivity contribution in [3.8, 4) is 5.95 Å². The fraction of sp³-hybridized carbons (Fsp3) is 0.300. The van der Waals surface area contributed by atoms with Crippen LogP contribution in [0.4, 0.5) is 5.82 Å². The van der Waals surface area contributed by atoms with E-state index < -0.39 is 0 Å². The number of aromatic amines is 1. The zero-order chi connectivity index (χ0) is 19.0. The minimum atomic E-state index is -0.251. The molecule has 1 aliphatic carbocycles. The maximum Gasteiger partial charge on any atom is 0.256 e. The van der Waals surface area contributed by atoms with Gasteiger partial charge >= 0.3 is 0 Å². The third-order valence-electron chi connectivity index (χ3n) is 4.62. The van der Waals surface area contributed by atoms with Crippen LogP contribution in [0, 0.1) is 6.92 Å². The van der Waals surface area contributed by atoms with Crippen LogP contribution >= 0.6 is 0 Å². The molecule has 2 heterocycles. The van der Waals surface area contributed by atoms with E-state index in [9.17, 15) is 9.59 Å². The third kappa shape index (κ3) is 3.67. The molecule has 3 aromatic rings. The molecule has 1 aromatic carbocycles.